The molecule has 0 spiro atoms. The van der Waals surface area contributed by atoms with Crippen LogP contribution < -0.4 is 14.2 Å². The minimum atomic E-state index is -2.03. The van der Waals surface area contributed by atoms with Gasteiger partial charge in [0.05, 0.1) is 33.9 Å². The second-order valence-electron chi connectivity index (χ2n) is 9.18. The Bertz CT molecular complexity index is 1310. The highest BCUT2D eigenvalue weighted by molar-refractivity contribution is 5.86. The second kappa shape index (κ2) is 14.6. The van der Waals surface area contributed by atoms with Crippen LogP contribution in [0.1, 0.15) is 11.1 Å². The molecule has 0 fully saturated rings. The molecule has 0 unspecified atom stereocenters. The van der Waals surface area contributed by atoms with E-state index in [9.17, 15) is 34.5 Å². The van der Waals surface area contributed by atoms with Gasteiger partial charge in [-0.1, -0.05) is 42.5 Å². The summed E-state index contributed by atoms with van der Waals surface area (Å²) in [5.74, 6) is -3.45. The summed E-state index contributed by atoms with van der Waals surface area (Å²) in [5, 5.41) is 30.1. The maximum Gasteiger partial charge on any atom is 0.333 e. The van der Waals surface area contributed by atoms with E-state index >= 15 is 0 Å². The summed E-state index contributed by atoms with van der Waals surface area (Å²) in [6.45, 7) is -2.16. The molecule has 3 aromatic carbocycles. The zero-order chi connectivity index (χ0) is 30.7. The van der Waals surface area contributed by atoms with Crippen LogP contribution in [0.15, 0.2) is 78.9 Å². The van der Waals surface area contributed by atoms with Crippen LogP contribution in [0.3, 0.4) is 0 Å². The van der Waals surface area contributed by atoms with Gasteiger partial charge in [0.2, 0.25) is 0 Å². The van der Waals surface area contributed by atoms with E-state index in [4.69, 9.17) is 14.2 Å². The monoisotopic (exact) mass is 580 g/mol. The number of carboxylic acid groups (broad SMARTS) is 3. The standard InChI is InChI=1S/C30H32N2O10/c1-40-23-12-8-21(9-13-23)30(29(38)39,22-10-14-24(41-2)15-11-22)32(19-27(35)36)17-16-31(18-26(33)34)20-28(37)42-25-6-4-3-5-7-25/h3-15H,16-20H2,1-2H3,(H,33,34)(H,35,36)(H,38,39). The molecule has 0 saturated heterocycles. The summed E-state index contributed by atoms with van der Waals surface area (Å²) in [5.41, 5.74) is -1.57. The molecule has 0 aromatic heterocycles. The van der Waals surface area contributed by atoms with Gasteiger partial charge in [-0.25, -0.2) is 4.79 Å². The molecule has 0 saturated carbocycles. The molecule has 12 heteroatoms. The van der Waals surface area contributed by atoms with Gasteiger partial charge in [-0.3, -0.25) is 24.2 Å². The number of aliphatic carboxylic acids is 3. The first-order chi connectivity index (χ1) is 20.1. The van der Waals surface area contributed by atoms with Crippen LogP contribution in [-0.2, 0) is 24.7 Å². The van der Waals surface area contributed by atoms with Crippen molar-refractivity contribution >= 4 is 23.9 Å². The number of hydrogen-bond donors (Lipinski definition) is 3. The molecule has 12 nitrogen and oxygen atoms in total. The maximum atomic E-state index is 13.3. The molecule has 0 radical (unpaired) electrons. The van der Waals surface area contributed by atoms with Gasteiger partial charge in [0.15, 0.2) is 5.54 Å². The number of carboxylic acids is 3. The van der Waals surface area contributed by atoms with E-state index in [-0.39, 0.29) is 30.0 Å². The van der Waals surface area contributed by atoms with Crippen LogP contribution in [0.4, 0.5) is 0 Å². The summed E-state index contributed by atoms with van der Waals surface area (Å²) < 4.78 is 15.7. The first-order valence-corrected chi connectivity index (χ1v) is 12.8. The number of methoxy groups -OCH3 is 2. The van der Waals surface area contributed by atoms with E-state index in [1.807, 2.05) is 0 Å². The summed E-state index contributed by atoms with van der Waals surface area (Å²) in [7, 11) is 2.92. The van der Waals surface area contributed by atoms with Crippen molar-refractivity contribution in [3.63, 3.8) is 0 Å². The minimum Gasteiger partial charge on any atom is -0.497 e. The SMILES string of the molecule is COc1ccc(C(C(=O)O)(c2ccc(OC)cc2)N(CCN(CC(=O)O)CC(=O)Oc2ccccc2)CC(=O)O)cc1. The number of ether oxygens (including phenoxy) is 3. The van der Waals surface area contributed by atoms with Crippen molar-refractivity contribution in [1.29, 1.82) is 0 Å². The Balaban J connectivity index is 2.03. The first kappa shape index (κ1) is 31.6. The molecule has 0 aliphatic rings. The molecule has 42 heavy (non-hydrogen) atoms. The first-order valence-electron chi connectivity index (χ1n) is 12.8. The lowest BCUT2D eigenvalue weighted by Crippen LogP contribution is -2.56. The number of esters is 1. The Labute approximate surface area is 242 Å². The minimum absolute atomic E-state index is 0.176. The van der Waals surface area contributed by atoms with Crippen LogP contribution in [-0.4, -0.2) is 95.9 Å². The molecule has 3 N–H and O–H groups in total. The van der Waals surface area contributed by atoms with Crippen molar-refractivity contribution in [2.24, 2.45) is 0 Å². The van der Waals surface area contributed by atoms with Crippen molar-refractivity contribution in [3.8, 4) is 17.2 Å². The van der Waals surface area contributed by atoms with E-state index in [1.54, 1.807) is 54.6 Å². The van der Waals surface area contributed by atoms with Crippen LogP contribution in [0, 0.1) is 0 Å². The number of carbonyl (C=O) groups is 4. The van der Waals surface area contributed by atoms with Gasteiger partial charge < -0.3 is 29.5 Å². The van der Waals surface area contributed by atoms with Gasteiger partial charge >= 0.3 is 23.9 Å². The third-order valence-corrected chi connectivity index (χ3v) is 6.50. The Hall–Kier alpha value is -4.94. The normalized spacial score (nSPS) is 11.2. The van der Waals surface area contributed by atoms with Crippen LogP contribution >= 0.6 is 0 Å². The number of para-hydroxylation sites is 1. The summed E-state index contributed by atoms with van der Waals surface area (Å²) >= 11 is 0. The lowest BCUT2D eigenvalue weighted by Gasteiger charge is -2.41. The van der Waals surface area contributed by atoms with Crippen molar-refractivity contribution < 1.29 is 48.7 Å². The molecule has 0 amide bonds. The Kier molecular flexibility index (Phi) is 11.0. The van der Waals surface area contributed by atoms with E-state index < -0.39 is 49.1 Å². The molecule has 0 aliphatic carbocycles. The molecule has 0 aliphatic heterocycles. The molecule has 0 atom stereocenters. The molecule has 3 aromatic rings. The number of benzene rings is 3. The van der Waals surface area contributed by atoms with Crippen LogP contribution in [0.2, 0.25) is 0 Å². The number of hydrogen-bond acceptors (Lipinski definition) is 9. The van der Waals surface area contributed by atoms with Crippen LogP contribution in [0.25, 0.3) is 0 Å². The predicted octanol–water partition coefficient (Wildman–Crippen LogP) is 2.41. The molecule has 0 heterocycles. The molecule has 222 valence electrons. The fraction of sp³-hybridized carbons (Fsp3) is 0.267. The van der Waals surface area contributed by atoms with Gasteiger partial charge in [-0.2, -0.15) is 0 Å². The van der Waals surface area contributed by atoms with Gasteiger partial charge in [0, 0.05) is 13.1 Å². The third-order valence-electron chi connectivity index (χ3n) is 6.50. The third kappa shape index (κ3) is 7.83. The highest BCUT2D eigenvalue weighted by Gasteiger charge is 2.48. The molecular weight excluding hydrogens is 548 g/mol. The van der Waals surface area contributed by atoms with Crippen molar-refractivity contribution in [2.45, 2.75) is 5.54 Å². The molecule has 0 bridgehead atoms. The van der Waals surface area contributed by atoms with Gasteiger partial charge in [-0.05, 0) is 47.5 Å². The molecular formula is C30H32N2O10. The smallest absolute Gasteiger partial charge is 0.333 e. The Morgan fingerprint density at radius 2 is 1.14 bits per heavy atom. The fourth-order valence-electron chi connectivity index (χ4n) is 4.61. The zero-order valence-electron chi connectivity index (χ0n) is 23.1. The van der Waals surface area contributed by atoms with Gasteiger partial charge in [-0.15, -0.1) is 0 Å². The maximum absolute atomic E-state index is 13.3. The summed E-state index contributed by atoms with van der Waals surface area (Å²) in [4.78, 5) is 52.1. The van der Waals surface area contributed by atoms with Gasteiger partial charge in [0.1, 0.15) is 17.2 Å². The Morgan fingerprint density at radius 1 is 0.643 bits per heavy atom. The van der Waals surface area contributed by atoms with E-state index in [0.717, 1.165) is 0 Å². The summed E-state index contributed by atoms with van der Waals surface area (Å²) in [6, 6.07) is 20.6. The number of rotatable bonds is 16. The zero-order valence-corrected chi connectivity index (χ0v) is 23.1. The average Bonchev–Trinajstić information content (AvgIpc) is 2.96. The highest BCUT2D eigenvalue weighted by Crippen LogP contribution is 2.38. The van der Waals surface area contributed by atoms with E-state index in [1.165, 1.54) is 48.3 Å². The van der Waals surface area contributed by atoms with Crippen molar-refractivity contribution in [2.75, 3.05) is 46.9 Å². The number of carbonyl (C=O) groups excluding carboxylic acids is 1. The summed E-state index contributed by atoms with van der Waals surface area (Å²) in [6.07, 6.45) is 0. The second-order valence-corrected chi connectivity index (χ2v) is 9.18. The van der Waals surface area contributed by atoms with Crippen molar-refractivity contribution in [1.82, 2.24) is 9.80 Å². The lowest BCUT2D eigenvalue weighted by molar-refractivity contribution is -0.153. The largest absolute Gasteiger partial charge is 0.497 e. The number of nitrogens with zero attached hydrogens (tertiary/aromatic N) is 2. The quantitative estimate of drug-likeness (QED) is 0.168. The average molecular weight is 581 g/mol. The van der Waals surface area contributed by atoms with E-state index in [0.29, 0.717) is 11.5 Å². The van der Waals surface area contributed by atoms with Crippen molar-refractivity contribution in [3.05, 3.63) is 90.0 Å². The lowest BCUT2D eigenvalue weighted by atomic mass is 9.80. The van der Waals surface area contributed by atoms with E-state index in [2.05, 4.69) is 0 Å². The Morgan fingerprint density at radius 3 is 1.57 bits per heavy atom. The highest BCUT2D eigenvalue weighted by atomic mass is 16.5. The predicted molar refractivity (Wildman–Crippen MR) is 150 cm³/mol. The van der Waals surface area contributed by atoms with Crippen LogP contribution in [0.5, 0.6) is 17.2 Å². The van der Waals surface area contributed by atoms with Gasteiger partial charge in [0.25, 0.3) is 0 Å². The topological polar surface area (TPSA) is 163 Å². The fourth-order valence-corrected chi connectivity index (χ4v) is 4.61. The molecule has 3 rings (SSSR count).